The summed E-state index contributed by atoms with van der Waals surface area (Å²) in [6.45, 7) is 9.00. The number of alkyl carbamates (subject to hydrolysis) is 1. The van der Waals surface area contributed by atoms with Crippen molar-refractivity contribution in [1.29, 1.82) is 0 Å². The molecule has 3 N–H and O–H groups in total. The van der Waals surface area contributed by atoms with Crippen LogP contribution in [0.1, 0.15) is 46.6 Å². The molecule has 2 unspecified atom stereocenters. The van der Waals surface area contributed by atoms with Gasteiger partial charge >= 0.3 is 12.1 Å². The minimum atomic E-state index is -1.13. The second-order valence-electron chi connectivity index (χ2n) is 7.92. The molecule has 0 spiro atoms. The monoisotopic (exact) mass is 378 g/mol. The van der Waals surface area contributed by atoms with Gasteiger partial charge in [0, 0.05) is 6.42 Å². The van der Waals surface area contributed by atoms with Gasteiger partial charge in [-0.05, 0) is 38.7 Å². The van der Waals surface area contributed by atoms with Crippen LogP contribution in [0.5, 0.6) is 0 Å². The number of ether oxygens (including phenoxy) is 1. The molecule has 0 aliphatic carbocycles. The molecule has 0 saturated heterocycles. The fourth-order valence-corrected chi connectivity index (χ4v) is 2.47. The van der Waals surface area contributed by atoms with Crippen LogP contribution in [-0.2, 0) is 20.7 Å². The number of carbonyl (C=O) groups is 3. The van der Waals surface area contributed by atoms with Gasteiger partial charge < -0.3 is 20.5 Å². The molecule has 2 atom stereocenters. The van der Waals surface area contributed by atoms with Gasteiger partial charge in [0.2, 0.25) is 5.91 Å². The summed E-state index contributed by atoms with van der Waals surface area (Å²) in [6, 6.07) is 7.08. The average Bonchev–Trinajstić information content (AvgIpc) is 2.52. The van der Waals surface area contributed by atoms with Crippen LogP contribution in [0.25, 0.3) is 0 Å². The summed E-state index contributed by atoms with van der Waals surface area (Å²) in [5.41, 5.74) is 0.102. The van der Waals surface area contributed by atoms with Gasteiger partial charge in [0.25, 0.3) is 0 Å². The number of aliphatic carboxylic acids is 1. The molecule has 2 amide bonds. The van der Waals surface area contributed by atoms with E-state index < -0.39 is 35.7 Å². The van der Waals surface area contributed by atoms with Gasteiger partial charge in [-0.25, -0.2) is 9.59 Å². The number of benzene rings is 1. The first-order valence-electron chi connectivity index (χ1n) is 9.04. The number of carbonyl (C=O) groups excluding carboxylic acids is 2. The molecule has 0 aromatic heterocycles. The van der Waals surface area contributed by atoms with E-state index in [4.69, 9.17) is 4.74 Å². The van der Waals surface area contributed by atoms with Crippen LogP contribution in [0.3, 0.4) is 0 Å². The molecular weight excluding hydrogens is 348 g/mol. The maximum atomic E-state index is 12.6. The lowest BCUT2D eigenvalue weighted by atomic mass is 10.0. The Bertz CT molecular complexity index is 638. The fourth-order valence-electron chi connectivity index (χ4n) is 2.47. The predicted molar refractivity (Wildman–Crippen MR) is 102 cm³/mol. The number of nitrogens with one attached hydrogen (secondary N) is 2. The number of carboxylic acids is 1. The Hall–Kier alpha value is -2.57. The molecule has 0 fully saturated rings. The molecule has 0 aliphatic heterocycles. The van der Waals surface area contributed by atoms with Crippen LogP contribution < -0.4 is 10.6 Å². The molecule has 7 heteroatoms. The van der Waals surface area contributed by atoms with E-state index in [1.165, 1.54) is 0 Å². The van der Waals surface area contributed by atoms with E-state index in [1.807, 2.05) is 32.0 Å². The van der Waals surface area contributed by atoms with Crippen LogP contribution in [0.2, 0.25) is 0 Å². The third-order valence-electron chi connectivity index (χ3n) is 3.61. The number of carboxylic acid groups (broad SMARTS) is 1. The Balaban J connectivity index is 2.82. The zero-order chi connectivity index (χ0) is 20.6. The smallest absolute Gasteiger partial charge is 0.408 e. The SMILES string of the molecule is CC(C)CC(NC(=O)OC(C)(C)C)C(=O)NC(Cc1ccccc1)C(=O)O. The summed E-state index contributed by atoms with van der Waals surface area (Å²) < 4.78 is 5.20. The van der Waals surface area contributed by atoms with Crippen molar-refractivity contribution in [2.75, 3.05) is 0 Å². The first kappa shape index (κ1) is 22.5. The summed E-state index contributed by atoms with van der Waals surface area (Å²) in [5, 5.41) is 14.5. The van der Waals surface area contributed by atoms with Crippen LogP contribution in [-0.4, -0.2) is 40.8 Å². The summed E-state index contributed by atoms with van der Waals surface area (Å²) in [7, 11) is 0. The first-order chi connectivity index (χ1) is 12.5. The molecule has 1 rings (SSSR count). The van der Waals surface area contributed by atoms with Crippen LogP contribution in [0, 0.1) is 5.92 Å². The highest BCUT2D eigenvalue weighted by Crippen LogP contribution is 2.10. The van der Waals surface area contributed by atoms with Crippen LogP contribution in [0.15, 0.2) is 30.3 Å². The normalized spacial score (nSPS) is 13.6. The summed E-state index contributed by atoms with van der Waals surface area (Å²) >= 11 is 0. The van der Waals surface area contributed by atoms with Gasteiger partial charge in [0.15, 0.2) is 0 Å². The van der Waals surface area contributed by atoms with Crippen molar-refractivity contribution in [3.8, 4) is 0 Å². The highest BCUT2D eigenvalue weighted by molar-refractivity contribution is 5.89. The average molecular weight is 378 g/mol. The Kier molecular flexibility index (Phi) is 8.28. The third-order valence-corrected chi connectivity index (χ3v) is 3.61. The van der Waals surface area contributed by atoms with E-state index in [1.54, 1.807) is 32.9 Å². The van der Waals surface area contributed by atoms with Gasteiger partial charge in [-0.3, -0.25) is 4.79 Å². The Labute approximate surface area is 160 Å². The molecule has 0 heterocycles. The number of rotatable bonds is 8. The minimum Gasteiger partial charge on any atom is -0.480 e. The summed E-state index contributed by atoms with van der Waals surface area (Å²) in [5.74, 6) is -1.56. The molecule has 7 nitrogen and oxygen atoms in total. The van der Waals surface area contributed by atoms with Crippen molar-refractivity contribution in [3.63, 3.8) is 0 Å². The van der Waals surface area contributed by atoms with Crippen molar-refractivity contribution < 1.29 is 24.2 Å². The molecule has 1 aromatic carbocycles. The predicted octanol–water partition coefficient (Wildman–Crippen LogP) is 2.74. The lowest BCUT2D eigenvalue weighted by molar-refractivity contribution is -0.142. The quantitative estimate of drug-likeness (QED) is 0.645. The van der Waals surface area contributed by atoms with E-state index in [-0.39, 0.29) is 12.3 Å². The van der Waals surface area contributed by atoms with Gasteiger partial charge in [0.05, 0.1) is 0 Å². The van der Waals surface area contributed by atoms with E-state index in [9.17, 15) is 19.5 Å². The molecule has 27 heavy (non-hydrogen) atoms. The standard InChI is InChI=1S/C20H30N2O5/c1-13(2)11-15(22-19(26)27-20(3,4)5)17(23)21-16(18(24)25)12-14-9-7-6-8-10-14/h6-10,13,15-16H,11-12H2,1-5H3,(H,21,23)(H,22,26)(H,24,25). The zero-order valence-corrected chi connectivity index (χ0v) is 16.6. The Morgan fingerprint density at radius 2 is 1.63 bits per heavy atom. The minimum absolute atomic E-state index is 0.119. The highest BCUT2D eigenvalue weighted by Gasteiger charge is 2.28. The Morgan fingerprint density at radius 3 is 2.11 bits per heavy atom. The van der Waals surface area contributed by atoms with Gasteiger partial charge in [-0.15, -0.1) is 0 Å². The van der Waals surface area contributed by atoms with Crippen molar-refractivity contribution >= 4 is 18.0 Å². The number of hydrogen-bond donors (Lipinski definition) is 3. The van der Waals surface area contributed by atoms with Crippen LogP contribution in [0.4, 0.5) is 4.79 Å². The van der Waals surface area contributed by atoms with Gasteiger partial charge in [-0.1, -0.05) is 44.2 Å². The van der Waals surface area contributed by atoms with E-state index in [0.29, 0.717) is 6.42 Å². The van der Waals surface area contributed by atoms with Crippen molar-refractivity contribution in [2.45, 2.75) is 65.1 Å². The largest absolute Gasteiger partial charge is 0.480 e. The molecule has 0 saturated carbocycles. The number of amides is 2. The summed E-state index contributed by atoms with van der Waals surface area (Å²) in [4.78, 5) is 36.2. The second kappa shape index (κ2) is 9.94. The van der Waals surface area contributed by atoms with Crippen molar-refractivity contribution in [3.05, 3.63) is 35.9 Å². The number of hydrogen-bond acceptors (Lipinski definition) is 4. The second-order valence-corrected chi connectivity index (χ2v) is 7.92. The maximum absolute atomic E-state index is 12.6. The molecule has 0 aliphatic rings. The van der Waals surface area contributed by atoms with Crippen LogP contribution >= 0.6 is 0 Å². The third kappa shape index (κ3) is 9.08. The topological polar surface area (TPSA) is 105 Å². The Morgan fingerprint density at radius 1 is 1.04 bits per heavy atom. The fraction of sp³-hybridized carbons (Fsp3) is 0.550. The molecule has 0 bridgehead atoms. The van der Waals surface area contributed by atoms with Crippen molar-refractivity contribution in [1.82, 2.24) is 10.6 Å². The lowest BCUT2D eigenvalue weighted by Gasteiger charge is -2.25. The molecule has 0 radical (unpaired) electrons. The van der Waals surface area contributed by atoms with E-state index in [0.717, 1.165) is 5.56 Å². The molecule has 1 aromatic rings. The van der Waals surface area contributed by atoms with Gasteiger partial charge in [0.1, 0.15) is 17.7 Å². The van der Waals surface area contributed by atoms with E-state index in [2.05, 4.69) is 10.6 Å². The van der Waals surface area contributed by atoms with Crippen molar-refractivity contribution in [2.24, 2.45) is 5.92 Å². The summed E-state index contributed by atoms with van der Waals surface area (Å²) in [6.07, 6.45) is -0.191. The molecule has 150 valence electrons. The highest BCUT2D eigenvalue weighted by atomic mass is 16.6. The zero-order valence-electron chi connectivity index (χ0n) is 16.6. The lowest BCUT2D eigenvalue weighted by Crippen LogP contribution is -2.53. The van der Waals surface area contributed by atoms with E-state index >= 15 is 0 Å². The van der Waals surface area contributed by atoms with Gasteiger partial charge in [-0.2, -0.15) is 0 Å². The maximum Gasteiger partial charge on any atom is 0.408 e. The first-order valence-corrected chi connectivity index (χ1v) is 9.04. The molecular formula is C20H30N2O5.